The summed E-state index contributed by atoms with van der Waals surface area (Å²) in [6.07, 6.45) is -1.72. The van der Waals surface area contributed by atoms with Gasteiger partial charge in [0.15, 0.2) is 5.60 Å². The van der Waals surface area contributed by atoms with Crippen molar-refractivity contribution in [1.29, 1.82) is 0 Å². The van der Waals surface area contributed by atoms with Crippen molar-refractivity contribution < 1.29 is 41.3 Å². The molecule has 3 aromatic carbocycles. The van der Waals surface area contributed by atoms with Crippen LogP contribution in [0.5, 0.6) is 5.75 Å². The normalized spacial score (nSPS) is 13.1. The van der Waals surface area contributed by atoms with Gasteiger partial charge in [0.2, 0.25) is 0 Å². The molecule has 0 aliphatic heterocycles. The Balaban J connectivity index is 1.22. The van der Waals surface area contributed by atoms with Crippen molar-refractivity contribution in [2.75, 3.05) is 13.6 Å². The average Bonchev–Trinajstić information content (AvgIpc) is 3.56. The molecule has 0 spiro atoms. The Labute approximate surface area is 276 Å². The molecule has 0 saturated heterocycles. The first-order chi connectivity index (χ1) is 23.2. The van der Waals surface area contributed by atoms with E-state index in [2.05, 4.69) is 32.4 Å². The zero-order chi connectivity index (χ0) is 35.2. The van der Waals surface area contributed by atoms with E-state index in [1.807, 2.05) is 12.1 Å². The van der Waals surface area contributed by atoms with Crippen LogP contribution in [0.15, 0.2) is 91.4 Å². The SMILES string of the molecule is CN(Cc1ccc(COc2ccc(C#Cc3ccc(C(F)(F)C(O)(Cn4cnnn4)c4ccc(F)cc4F)nc3)cc2)cc1)CC(O)(F)F. The summed E-state index contributed by atoms with van der Waals surface area (Å²) in [6.45, 7) is -1.27. The molecule has 0 aliphatic carbocycles. The van der Waals surface area contributed by atoms with Gasteiger partial charge in [-0.3, -0.25) is 9.88 Å². The highest BCUT2D eigenvalue weighted by Crippen LogP contribution is 2.46. The van der Waals surface area contributed by atoms with Crippen LogP contribution in [0.4, 0.5) is 26.3 Å². The van der Waals surface area contributed by atoms with Crippen LogP contribution in [0.25, 0.3) is 0 Å². The van der Waals surface area contributed by atoms with E-state index in [0.29, 0.717) is 17.4 Å². The first-order valence-corrected chi connectivity index (χ1v) is 14.6. The molecule has 1 unspecified atom stereocenters. The highest BCUT2D eigenvalue weighted by Gasteiger charge is 2.58. The number of benzene rings is 3. The second kappa shape index (κ2) is 14.4. The van der Waals surface area contributed by atoms with E-state index in [1.165, 1.54) is 18.0 Å². The maximum absolute atomic E-state index is 15.9. The van der Waals surface area contributed by atoms with Crippen molar-refractivity contribution in [2.45, 2.75) is 37.3 Å². The zero-order valence-corrected chi connectivity index (χ0v) is 25.7. The van der Waals surface area contributed by atoms with Crippen LogP contribution in [0, 0.1) is 23.5 Å². The third-order valence-electron chi connectivity index (χ3n) is 7.31. The molecule has 254 valence electrons. The van der Waals surface area contributed by atoms with Gasteiger partial charge < -0.3 is 14.9 Å². The number of aromatic nitrogens is 5. The highest BCUT2D eigenvalue weighted by molar-refractivity contribution is 5.44. The smallest absolute Gasteiger partial charge is 0.366 e. The number of hydrogen-bond acceptors (Lipinski definition) is 8. The highest BCUT2D eigenvalue weighted by atomic mass is 19.3. The summed E-state index contributed by atoms with van der Waals surface area (Å²) < 4.78 is 92.3. The number of alkyl halides is 4. The van der Waals surface area contributed by atoms with E-state index in [9.17, 15) is 22.7 Å². The molecule has 2 heterocycles. The predicted molar refractivity (Wildman–Crippen MR) is 163 cm³/mol. The van der Waals surface area contributed by atoms with Crippen LogP contribution in [-0.4, -0.2) is 60.0 Å². The molecule has 1 atom stereocenters. The van der Waals surface area contributed by atoms with Crippen LogP contribution < -0.4 is 4.74 Å². The Kier molecular flexibility index (Phi) is 10.3. The fourth-order valence-electron chi connectivity index (χ4n) is 4.91. The fraction of sp³-hybridized carbons (Fsp3) is 0.235. The van der Waals surface area contributed by atoms with E-state index in [-0.39, 0.29) is 18.7 Å². The molecule has 0 aliphatic rings. The van der Waals surface area contributed by atoms with Gasteiger partial charge in [-0.05, 0) is 77.1 Å². The van der Waals surface area contributed by atoms with E-state index in [0.717, 1.165) is 46.5 Å². The summed E-state index contributed by atoms with van der Waals surface area (Å²) in [5, 5.41) is 30.2. The van der Waals surface area contributed by atoms with Gasteiger partial charge in [0.05, 0.1) is 13.1 Å². The fourth-order valence-corrected chi connectivity index (χ4v) is 4.91. The largest absolute Gasteiger partial charge is 0.489 e. The van der Waals surface area contributed by atoms with Gasteiger partial charge in [-0.2, -0.15) is 17.6 Å². The third kappa shape index (κ3) is 8.79. The number of hydrogen-bond donors (Lipinski definition) is 2. The summed E-state index contributed by atoms with van der Waals surface area (Å²) in [5.41, 5.74) is -2.52. The minimum absolute atomic E-state index is 0.234. The molecular weight excluding hydrogens is 654 g/mol. The van der Waals surface area contributed by atoms with Crippen LogP contribution in [0.3, 0.4) is 0 Å². The third-order valence-corrected chi connectivity index (χ3v) is 7.31. The van der Waals surface area contributed by atoms with E-state index in [1.54, 1.807) is 36.4 Å². The van der Waals surface area contributed by atoms with Gasteiger partial charge in [0.25, 0.3) is 0 Å². The monoisotopic (exact) mass is 682 g/mol. The van der Waals surface area contributed by atoms with Crippen molar-refractivity contribution >= 4 is 0 Å². The number of likely N-dealkylation sites (N-methyl/N-ethyl adjacent to an activating group) is 1. The topological polar surface area (TPSA) is 109 Å². The molecule has 5 aromatic rings. The molecule has 5 rings (SSSR count). The van der Waals surface area contributed by atoms with Crippen molar-refractivity contribution in [3.05, 3.63) is 137 Å². The Hall–Kier alpha value is -5.30. The Morgan fingerprint density at radius 1 is 0.857 bits per heavy atom. The van der Waals surface area contributed by atoms with Crippen LogP contribution in [-0.2, 0) is 31.2 Å². The summed E-state index contributed by atoms with van der Waals surface area (Å²) >= 11 is 0. The van der Waals surface area contributed by atoms with Crippen molar-refractivity contribution in [3.63, 3.8) is 0 Å². The molecule has 2 N–H and O–H groups in total. The minimum atomic E-state index is -4.20. The number of aliphatic hydroxyl groups is 2. The first-order valence-electron chi connectivity index (χ1n) is 14.6. The van der Waals surface area contributed by atoms with Crippen LogP contribution >= 0.6 is 0 Å². The molecule has 2 aromatic heterocycles. The lowest BCUT2D eigenvalue weighted by atomic mass is 9.84. The summed E-state index contributed by atoms with van der Waals surface area (Å²) in [4.78, 5) is 5.11. The quantitative estimate of drug-likeness (QED) is 0.140. The average molecular weight is 683 g/mol. The summed E-state index contributed by atoms with van der Waals surface area (Å²) in [6, 6.07) is 18.1. The van der Waals surface area contributed by atoms with Gasteiger partial charge >= 0.3 is 12.0 Å². The molecule has 0 saturated carbocycles. The number of nitrogens with zero attached hydrogens (tertiary/aromatic N) is 6. The van der Waals surface area contributed by atoms with Gasteiger partial charge in [0.1, 0.15) is 36.0 Å². The number of tetrazole rings is 1. The molecule has 0 amide bonds. The van der Waals surface area contributed by atoms with E-state index < -0.39 is 53.6 Å². The summed E-state index contributed by atoms with van der Waals surface area (Å²) in [7, 11) is 1.48. The van der Waals surface area contributed by atoms with Crippen molar-refractivity contribution in [1.82, 2.24) is 30.1 Å². The maximum atomic E-state index is 15.9. The van der Waals surface area contributed by atoms with Gasteiger partial charge in [-0.25, -0.2) is 13.5 Å². The predicted octanol–water partition coefficient (Wildman–Crippen LogP) is 5.02. The molecule has 49 heavy (non-hydrogen) atoms. The first kappa shape index (κ1) is 35.0. The van der Waals surface area contributed by atoms with Crippen molar-refractivity contribution in [2.24, 2.45) is 0 Å². The van der Waals surface area contributed by atoms with Gasteiger partial charge in [-0.1, -0.05) is 36.1 Å². The lowest BCUT2D eigenvalue weighted by Gasteiger charge is -2.35. The Morgan fingerprint density at radius 3 is 2.14 bits per heavy atom. The van der Waals surface area contributed by atoms with Crippen molar-refractivity contribution in [3.8, 4) is 17.6 Å². The number of halogens is 6. The van der Waals surface area contributed by atoms with E-state index >= 15 is 8.78 Å². The molecule has 0 fully saturated rings. The Morgan fingerprint density at radius 2 is 1.53 bits per heavy atom. The van der Waals surface area contributed by atoms with Gasteiger partial charge in [0, 0.05) is 35.5 Å². The second-order valence-corrected chi connectivity index (χ2v) is 11.2. The second-order valence-electron chi connectivity index (χ2n) is 11.2. The summed E-state index contributed by atoms with van der Waals surface area (Å²) in [5.74, 6) is -0.329. The maximum Gasteiger partial charge on any atom is 0.366 e. The van der Waals surface area contributed by atoms with Crippen LogP contribution in [0.1, 0.15) is 33.5 Å². The minimum Gasteiger partial charge on any atom is -0.489 e. The molecule has 9 nitrogen and oxygen atoms in total. The lowest BCUT2D eigenvalue weighted by molar-refractivity contribution is -0.208. The van der Waals surface area contributed by atoms with E-state index in [4.69, 9.17) is 9.84 Å². The molecular formula is C34H28F6N6O3. The van der Waals surface area contributed by atoms with Gasteiger partial charge in [-0.15, -0.1) is 5.10 Å². The zero-order valence-electron chi connectivity index (χ0n) is 25.7. The Bertz CT molecular complexity index is 1910. The standard InChI is InChI=1S/C34H28F6N6O3/c1-45(21-33(37,38)48)18-25-4-6-26(7-5-25)19-49-28-12-8-23(9-13-28)2-3-24-10-15-31(41-17-24)34(39,40)32(47,20-46-22-42-43-44-46)29-14-11-27(35)16-30(29)36/h4-17,22,47-48H,18-21H2,1H3. The number of pyridine rings is 1. The number of rotatable bonds is 12. The molecule has 0 radical (unpaired) electrons. The number of ether oxygens (including phenoxy) is 1. The lowest BCUT2D eigenvalue weighted by Crippen LogP contribution is -2.48. The molecule has 0 bridgehead atoms. The molecule has 15 heteroatoms. The van der Waals surface area contributed by atoms with Crippen LogP contribution in [0.2, 0.25) is 0 Å².